The number of nitrogens with zero attached hydrogens (tertiary/aromatic N) is 4. The molecule has 0 spiro atoms. The predicted octanol–water partition coefficient (Wildman–Crippen LogP) is -0.956. The van der Waals surface area contributed by atoms with E-state index in [2.05, 4.69) is 0 Å². The zero-order valence-corrected chi connectivity index (χ0v) is 15.2. The normalized spacial score (nSPS) is 5.33. The summed E-state index contributed by atoms with van der Waals surface area (Å²) in [4.78, 5) is 33.0. The van der Waals surface area contributed by atoms with Gasteiger partial charge >= 0.3 is 29.2 Å². The fourth-order valence-electron chi connectivity index (χ4n) is 0. The van der Waals surface area contributed by atoms with Gasteiger partial charge in [0.1, 0.15) is 0 Å². The van der Waals surface area contributed by atoms with Crippen LogP contribution in [0, 0.1) is 122 Å². The molecule has 0 heterocycles. The summed E-state index contributed by atoms with van der Waals surface area (Å²) in [6, 6.07) is 0. The largest absolute Gasteiger partial charge is 4.00 e. The van der Waals surface area contributed by atoms with Crippen LogP contribution in [-0.4, -0.2) is 20.3 Å². The maximum absolute atomic E-state index is 8.25. The van der Waals surface area contributed by atoms with Crippen molar-refractivity contribution < 1.29 is 80.6 Å². The Morgan fingerprint density at radius 1 is 0.444 bits per heavy atom. The Balaban J connectivity index is -0.0000000257. The van der Waals surface area contributed by atoms with Crippen LogP contribution in [0.5, 0.6) is 0 Å². The fourth-order valence-corrected chi connectivity index (χ4v) is 0. The van der Waals surface area contributed by atoms with Gasteiger partial charge in [-0.3, -0.25) is 0 Å². The molecule has 16 nitrogen and oxygen atoms in total. The van der Waals surface area contributed by atoms with Gasteiger partial charge in [-0.2, -0.15) is 0 Å². The monoisotopic (exact) mass is 724 g/mol. The Morgan fingerprint density at radius 3 is 0.444 bits per heavy atom. The molecule has 0 unspecified atom stereocenters. The topological polar surface area (TPSA) is 265 Å². The third-order valence-corrected chi connectivity index (χ3v) is 0. The average Bonchev–Trinajstić information content (AvgIpc) is 1.76. The van der Waals surface area contributed by atoms with E-state index in [0.717, 1.165) is 0 Å². The van der Waals surface area contributed by atoms with E-state index in [1.54, 1.807) is 0 Å². The number of rotatable bonds is 0. The first-order valence-corrected chi connectivity index (χ1v) is 2.19. The maximum atomic E-state index is 8.25. The molecule has 0 atom stereocenters. The second-order valence-electron chi connectivity index (χ2n) is 0.894. The van der Waals surface area contributed by atoms with E-state index in [9.17, 15) is 0 Å². The van der Waals surface area contributed by atoms with Crippen molar-refractivity contribution in [1.29, 1.82) is 0 Å². The predicted molar refractivity (Wildman–Crippen MR) is 41.4 cm³/mol. The molecule has 102 valence electrons. The zero-order valence-electron chi connectivity index (χ0n) is 7.60. The quantitative estimate of drug-likeness (QED) is 0.216. The van der Waals surface area contributed by atoms with Crippen LogP contribution in [0.3, 0.4) is 0 Å². The minimum absolute atomic E-state index is 0. The molecule has 18 heteroatoms. The molecule has 0 saturated heterocycles. The van der Waals surface area contributed by atoms with E-state index in [-0.39, 0.29) is 60.3 Å². The van der Waals surface area contributed by atoms with Gasteiger partial charge in [0.2, 0.25) is 0 Å². The van der Waals surface area contributed by atoms with E-state index in [1.165, 1.54) is 0 Å². The van der Waals surface area contributed by atoms with Gasteiger partial charge in [-0.05, 0) is 0 Å². The Bertz CT molecular complexity index is 164. The second kappa shape index (κ2) is 29.7. The van der Waals surface area contributed by atoms with Crippen LogP contribution in [-0.2, 0) is 0 Å². The summed E-state index contributed by atoms with van der Waals surface area (Å²) in [5.74, 6) is 0. The first-order valence-electron chi connectivity index (χ1n) is 2.19. The molecule has 0 rings (SSSR count). The van der Waals surface area contributed by atoms with Gasteiger partial charge in [0.15, 0.2) is 0 Å². The molecule has 0 amide bonds. The molecular weight excluding hydrogens is 730 g/mol. The van der Waals surface area contributed by atoms with Crippen LogP contribution in [0.15, 0.2) is 0 Å². The molecule has 0 aliphatic heterocycles. The van der Waals surface area contributed by atoms with Gasteiger partial charge in [0, 0.05) is 31.1 Å². The fraction of sp³-hybridized carbons (Fsp3) is 0. The van der Waals surface area contributed by atoms with Crippen molar-refractivity contribution in [1.82, 2.24) is 0 Å². The van der Waals surface area contributed by atoms with Crippen LogP contribution in [0.4, 0.5) is 0 Å². The zero-order chi connectivity index (χ0) is 14.3. The molecule has 0 aromatic carbocycles. The van der Waals surface area contributed by atoms with E-state index in [0.29, 0.717) is 0 Å². The molecule has 18 heavy (non-hydrogen) atoms. The molecule has 0 aromatic heterocycles. The van der Waals surface area contributed by atoms with E-state index >= 15 is 0 Å². The van der Waals surface area contributed by atoms with Gasteiger partial charge in [-0.15, -0.1) is 0 Å². The van der Waals surface area contributed by atoms with Crippen molar-refractivity contribution >= 4 is 0 Å². The molecule has 0 aliphatic carbocycles. The maximum Gasteiger partial charge on any atom is 4.00 e. The van der Waals surface area contributed by atoms with Crippen molar-refractivity contribution in [3.63, 3.8) is 0 Å². The minimum atomic E-state index is -1.75. The first kappa shape index (κ1) is 36.0. The summed E-state index contributed by atoms with van der Waals surface area (Å²) in [7, 11) is 0. The summed E-state index contributed by atoms with van der Waals surface area (Å²) >= 11 is 0. The van der Waals surface area contributed by atoms with Gasteiger partial charge in [-0.1, -0.05) is 0 Å². The smallest absolute Gasteiger partial charge is 0.356 e. The first-order chi connectivity index (χ1) is 6.93. The van der Waals surface area contributed by atoms with E-state index in [4.69, 9.17) is 61.3 Å². The van der Waals surface area contributed by atoms with E-state index < -0.39 is 20.3 Å². The van der Waals surface area contributed by atoms with Crippen molar-refractivity contribution in [3.05, 3.63) is 61.3 Å². The third-order valence-electron chi connectivity index (χ3n) is 0. The Morgan fingerprint density at radius 2 is 0.444 bits per heavy atom. The SMILES string of the molecule is O=[N+]([O-])[O-].O=[N+]([O-])[O-].O=[N+]([O-])[O-].O=[N+]([O-])[O-].[Pu+4].[U]. The second-order valence-corrected chi connectivity index (χ2v) is 0.894. The van der Waals surface area contributed by atoms with Crippen LogP contribution in [0.2, 0.25) is 0 Å². The molecular formula is N4O12PuU. The Kier molecular flexibility index (Phi) is 59.3. The molecule has 0 saturated carbocycles. The summed E-state index contributed by atoms with van der Waals surface area (Å²) in [6.45, 7) is 0. The van der Waals surface area contributed by atoms with Crippen LogP contribution in [0.1, 0.15) is 0 Å². The van der Waals surface area contributed by atoms with E-state index in [1.807, 2.05) is 0 Å². The van der Waals surface area contributed by atoms with Crippen molar-refractivity contribution in [3.8, 4) is 0 Å². The van der Waals surface area contributed by atoms with Gasteiger partial charge < -0.3 is 61.3 Å². The summed E-state index contributed by atoms with van der Waals surface area (Å²) in [5, 5.41) is 59.0. The summed E-state index contributed by atoms with van der Waals surface area (Å²) in [6.07, 6.45) is 0. The standard InChI is InChI=1S/4NO3.Pu.U/c4*2-1(3)4;;/q4*-1;+4;. The number of hydrogen-bond donors (Lipinski definition) is 0. The van der Waals surface area contributed by atoms with Crippen LogP contribution >= 0.6 is 0 Å². The van der Waals surface area contributed by atoms with Gasteiger partial charge in [-0.25, -0.2) is 0 Å². The summed E-state index contributed by atoms with van der Waals surface area (Å²) < 4.78 is 0. The molecule has 0 aromatic rings. The third kappa shape index (κ3) is 2110. The molecule has 0 bridgehead atoms. The summed E-state index contributed by atoms with van der Waals surface area (Å²) in [5.41, 5.74) is 0. The Hall–Kier alpha value is -1.16. The van der Waals surface area contributed by atoms with Crippen LogP contribution < -0.4 is 0 Å². The van der Waals surface area contributed by atoms with Crippen molar-refractivity contribution in [2.75, 3.05) is 0 Å². The molecule has 0 fully saturated rings. The van der Waals surface area contributed by atoms with Crippen molar-refractivity contribution in [2.24, 2.45) is 0 Å². The molecule has 0 aliphatic rings. The van der Waals surface area contributed by atoms with Gasteiger partial charge in [0.05, 0.1) is 20.3 Å². The molecule has 0 radical (unpaired) electrons. The minimum Gasteiger partial charge on any atom is -0.356 e. The number of hydrogen-bond acceptors (Lipinski definition) is 12. The van der Waals surface area contributed by atoms with Gasteiger partial charge in [0.25, 0.3) is 0 Å². The average molecular weight is 730 g/mol. The van der Waals surface area contributed by atoms with Crippen molar-refractivity contribution in [2.45, 2.75) is 0 Å². The molecule has 0 N–H and O–H groups in total. The van der Waals surface area contributed by atoms with Crippen LogP contribution in [0.25, 0.3) is 0 Å². The Labute approximate surface area is 141 Å².